The molecule has 8 heteroatoms. The number of halogens is 2. The Hall–Kier alpha value is -2.22. The number of ether oxygens (including phenoxy) is 3. The van der Waals surface area contributed by atoms with Gasteiger partial charge in [0.15, 0.2) is 11.5 Å². The van der Waals surface area contributed by atoms with Gasteiger partial charge in [-0.3, -0.25) is 4.90 Å². The van der Waals surface area contributed by atoms with Crippen molar-refractivity contribution in [1.82, 2.24) is 4.90 Å². The summed E-state index contributed by atoms with van der Waals surface area (Å²) < 4.78 is 30.2. The van der Waals surface area contributed by atoms with Gasteiger partial charge >= 0.3 is 0 Å². The molecule has 2 heterocycles. The van der Waals surface area contributed by atoms with Crippen LogP contribution in [0.25, 0.3) is 0 Å². The maximum Gasteiger partial charge on any atom is 0.231 e. The molecule has 1 fully saturated rings. The van der Waals surface area contributed by atoms with Crippen molar-refractivity contribution in [2.24, 2.45) is 0 Å². The van der Waals surface area contributed by atoms with Gasteiger partial charge in [-0.1, -0.05) is 12.1 Å². The lowest BCUT2D eigenvalue weighted by Crippen LogP contribution is -2.49. The van der Waals surface area contributed by atoms with Crippen molar-refractivity contribution in [3.8, 4) is 17.2 Å². The van der Waals surface area contributed by atoms with Crippen molar-refractivity contribution >= 4 is 18.1 Å². The molecule has 2 aliphatic rings. The van der Waals surface area contributed by atoms with Crippen LogP contribution in [0.2, 0.25) is 0 Å². The highest BCUT2D eigenvalue weighted by Crippen LogP contribution is 2.35. The zero-order valence-electron chi connectivity index (χ0n) is 15.4. The number of aliphatic hydroxyl groups excluding tert-OH is 1. The minimum atomic E-state index is -0.601. The van der Waals surface area contributed by atoms with E-state index >= 15 is 0 Å². The number of benzene rings is 2. The number of fused-ring (bicyclic) bond motifs is 1. The molecule has 1 saturated heterocycles. The minimum absolute atomic E-state index is 0. The summed E-state index contributed by atoms with van der Waals surface area (Å²) in [5.74, 6) is 1.81. The molecule has 0 spiro atoms. The maximum absolute atomic E-state index is 13.9. The quantitative estimate of drug-likeness (QED) is 0.789. The van der Waals surface area contributed by atoms with E-state index in [1.165, 1.54) is 6.07 Å². The number of para-hydroxylation sites is 1. The summed E-state index contributed by atoms with van der Waals surface area (Å²) in [6.07, 6.45) is -0.601. The molecule has 1 atom stereocenters. The molecule has 2 aromatic rings. The Kier molecular flexibility index (Phi) is 6.83. The number of β-amino-alcohol motifs (C(OH)–C–C–N with tert-alkyl or cyclic N) is 1. The van der Waals surface area contributed by atoms with Gasteiger partial charge in [0.2, 0.25) is 6.79 Å². The number of hydrogen-bond donors (Lipinski definition) is 1. The Bertz CT molecular complexity index is 787. The van der Waals surface area contributed by atoms with Crippen molar-refractivity contribution in [1.29, 1.82) is 0 Å². The van der Waals surface area contributed by atoms with E-state index in [4.69, 9.17) is 14.2 Å². The van der Waals surface area contributed by atoms with Crippen LogP contribution in [-0.2, 0) is 0 Å². The fraction of sp³-hybridized carbons (Fsp3) is 0.400. The van der Waals surface area contributed by atoms with Gasteiger partial charge in [0, 0.05) is 38.8 Å². The van der Waals surface area contributed by atoms with Crippen LogP contribution < -0.4 is 19.1 Å². The predicted octanol–water partition coefficient (Wildman–Crippen LogP) is 2.54. The standard InChI is InChI=1S/C20H23FN2O4.ClH/c21-17-3-1-2-4-18(17)23-9-7-22(8-10-23)12-15(24)13-25-16-5-6-19-20(11-16)27-14-26-19;/h1-6,11,15,24H,7-10,12-14H2;1H. The van der Waals surface area contributed by atoms with E-state index in [9.17, 15) is 9.50 Å². The van der Waals surface area contributed by atoms with E-state index in [0.29, 0.717) is 29.5 Å². The largest absolute Gasteiger partial charge is 0.491 e. The van der Waals surface area contributed by atoms with Crippen molar-refractivity contribution in [2.75, 3.05) is 51.0 Å². The van der Waals surface area contributed by atoms with Gasteiger partial charge in [-0.25, -0.2) is 4.39 Å². The van der Waals surface area contributed by atoms with Crippen LogP contribution in [0.4, 0.5) is 10.1 Å². The lowest BCUT2D eigenvalue weighted by Gasteiger charge is -2.36. The number of nitrogens with zero attached hydrogens (tertiary/aromatic N) is 2. The number of rotatable bonds is 6. The third-order valence-electron chi connectivity index (χ3n) is 4.82. The third-order valence-corrected chi connectivity index (χ3v) is 4.82. The molecule has 1 unspecified atom stereocenters. The number of aliphatic hydroxyl groups is 1. The van der Waals surface area contributed by atoms with Gasteiger partial charge in [-0.2, -0.15) is 0 Å². The maximum atomic E-state index is 13.9. The Morgan fingerprint density at radius 1 is 1.04 bits per heavy atom. The molecule has 0 bridgehead atoms. The fourth-order valence-corrected chi connectivity index (χ4v) is 3.39. The Morgan fingerprint density at radius 3 is 2.57 bits per heavy atom. The van der Waals surface area contributed by atoms with Gasteiger partial charge in [0.25, 0.3) is 0 Å². The zero-order valence-corrected chi connectivity index (χ0v) is 16.2. The first-order valence-electron chi connectivity index (χ1n) is 9.11. The summed E-state index contributed by atoms with van der Waals surface area (Å²) in [6, 6.07) is 12.2. The molecule has 0 aromatic heterocycles. The van der Waals surface area contributed by atoms with E-state index < -0.39 is 6.10 Å². The predicted molar refractivity (Wildman–Crippen MR) is 106 cm³/mol. The van der Waals surface area contributed by atoms with Crippen LogP contribution in [0.1, 0.15) is 0 Å². The first-order valence-corrected chi connectivity index (χ1v) is 9.11. The Balaban J connectivity index is 0.00000225. The summed E-state index contributed by atoms with van der Waals surface area (Å²) in [5.41, 5.74) is 0.642. The highest BCUT2D eigenvalue weighted by molar-refractivity contribution is 5.85. The second kappa shape index (κ2) is 9.32. The lowest BCUT2D eigenvalue weighted by atomic mass is 10.2. The molecule has 4 rings (SSSR count). The van der Waals surface area contributed by atoms with Crippen molar-refractivity contribution in [3.63, 3.8) is 0 Å². The van der Waals surface area contributed by atoms with E-state index in [0.717, 1.165) is 26.2 Å². The fourth-order valence-electron chi connectivity index (χ4n) is 3.39. The molecule has 6 nitrogen and oxygen atoms in total. The Morgan fingerprint density at radius 2 is 1.79 bits per heavy atom. The van der Waals surface area contributed by atoms with E-state index in [2.05, 4.69) is 4.90 Å². The van der Waals surface area contributed by atoms with Crippen molar-refractivity contribution in [3.05, 3.63) is 48.3 Å². The van der Waals surface area contributed by atoms with Crippen LogP contribution in [0.15, 0.2) is 42.5 Å². The average molecular weight is 411 g/mol. The molecule has 0 saturated carbocycles. The second-order valence-corrected chi connectivity index (χ2v) is 6.72. The first kappa shape index (κ1) is 20.5. The van der Waals surface area contributed by atoms with E-state index in [1.807, 2.05) is 11.0 Å². The summed E-state index contributed by atoms with van der Waals surface area (Å²) in [4.78, 5) is 4.21. The highest BCUT2D eigenvalue weighted by atomic mass is 35.5. The van der Waals surface area contributed by atoms with Crippen LogP contribution in [0.3, 0.4) is 0 Å². The Labute approximate surface area is 169 Å². The number of piperazine rings is 1. The zero-order chi connectivity index (χ0) is 18.6. The molecule has 1 N–H and O–H groups in total. The summed E-state index contributed by atoms with van der Waals surface area (Å²) >= 11 is 0. The molecule has 152 valence electrons. The second-order valence-electron chi connectivity index (χ2n) is 6.72. The first-order chi connectivity index (χ1) is 13.2. The average Bonchev–Trinajstić information content (AvgIpc) is 3.15. The third kappa shape index (κ3) is 4.79. The highest BCUT2D eigenvalue weighted by Gasteiger charge is 2.21. The molecule has 0 radical (unpaired) electrons. The normalized spacial score (nSPS) is 17.1. The van der Waals surface area contributed by atoms with E-state index in [1.54, 1.807) is 30.3 Å². The topological polar surface area (TPSA) is 54.4 Å². The minimum Gasteiger partial charge on any atom is -0.491 e. The van der Waals surface area contributed by atoms with Crippen LogP contribution in [0, 0.1) is 5.82 Å². The van der Waals surface area contributed by atoms with Crippen LogP contribution in [0.5, 0.6) is 17.2 Å². The SMILES string of the molecule is Cl.OC(COc1ccc2c(c1)OCO2)CN1CCN(c2ccccc2F)CC1. The molecule has 2 aromatic carbocycles. The molecule has 2 aliphatic heterocycles. The number of anilines is 1. The lowest BCUT2D eigenvalue weighted by molar-refractivity contribution is 0.0662. The smallest absolute Gasteiger partial charge is 0.231 e. The van der Waals surface area contributed by atoms with Gasteiger partial charge < -0.3 is 24.2 Å². The summed E-state index contributed by atoms with van der Waals surface area (Å²) in [7, 11) is 0. The summed E-state index contributed by atoms with van der Waals surface area (Å²) in [5, 5.41) is 10.3. The van der Waals surface area contributed by atoms with Crippen LogP contribution >= 0.6 is 12.4 Å². The van der Waals surface area contributed by atoms with Gasteiger partial charge in [0.05, 0.1) is 5.69 Å². The van der Waals surface area contributed by atoms with Gasteiger partial charge in [-0.15, -0.1) is 12.4 Å². The summed E-state index contributed by atoms with van der Waals surface area (Å²) in [6.45, 7) is 3.96. The monoisotopic (exact) mass is 410 g/mol. The molecule has 28 heavy (non-hydrogen) atoms. The van der Waals surface area contributed by atoms with Crippen LogP contribution in [-0.4, -0.2) is 62.2 Å². The van der Waals surface area contributed by atoms with Gasteiger partial charge in [-0.05, 0) is 24.3 Å². The van der Waals surface area contributed by atoms with Crippen molar-refractivity contribution in [2.45, 2.75) is 6.10 Å². The molecule has 0 amide bonds. The van der Waals surface area contributed by atoms with E-state index in [-0.39, 0.29) is 31.6 Å². The van der Waals surface area contributed by atoms with Crippen molar-refractivity contribution < 1.29 is 23.7 Å². The van der Waals surface area contributed by atoms with Gasteiger partial charge in [0.1, 0.15) is 24.3 Å². The molecule has 0 aliphatic carbocycles. The molecular formula is C20H24ClFN2O4. The number of hydrogen-bond acceptors (Lipinski definition) is 6. The molecular weight excluding hydrogens is 387 g/mol.